The second kappa shape index (κ2) is 10.9. The summed E-state index contributed by atoms with van der Waals surface area (Å²) in [6, 6.07) is 18.0. The van der Waals surface area contributed by atoms with Crippen LogP contribution in [-0.4, -0.2) is 40.7 Å². The predicted octanol–water partition coefficient (Wildman–Crippen LogP) is 7.22. The van der Waals surface area contributed by atoms with Gasteiger partial charge in [-0.1, -0.05) is 67.9 Å². The van der Waals surface area contributed by atoms with E-state index in [1.165, 1.54) is 16.0 Å². The van der Waals surface area contributed by atoms with Gasteiger partial charge in [0, 0.05) is 27.5 Å². The Morgan fingerprint density at radius 2 is 1.75 bits per heavy atom. The summed E-state index contributed by atoms with van der Waals surface area (Å²) in [5.74, 6) is -0.118. The number of hydrogen-bond acceptors (Lipinski definition) is 3. The molecule has 4 rings (SSSR count). The minimum Gasteiger partial charge on any atom is -0.330 e. The fraction of sp³-hybridized carbons (Fsp3) is 0.400. The molecule has 190 valence electrons. The first-order chi connectivity index (χ1) is 17.1. The van der Waals surface area contributed by atoms with Gasteiger partial charge in [0.2, 0.25) is 5.91 Å². The molecule has 36 heavy (non-hydrogen) atoms. The van der Waals surface area contributed by atoms with Crippen molar-refractivity contribution in [2.75, 3.05) is 13.1 Å². The molecule has 1 aliphatic heterocycles. The van der Waals surface area contributed by atoms with Gasteiger partial charge in [-0.25, -0.2) is 0 Å². The Labute approximate surface area is 227 Å². The Balaban J connectivity index is 1.64. The highest BCUT2D eigenvalue weighted by atomic mass is 79.9. The number of amides is 2. The van der Waals surface area contributed by atoms with Crippen LogP contribution in [-0.2, 0) is 16.6 Å². The molecule has 2 amide bonds. The van der Waals surface area contributed by atoms with Gasteiger partial charge in [0.15, 0.2) is 0 Å². The molecular formula is C30H35BrN2O2S. The Kier molecular flexibility index (Phi) is 8.06. The van der Waals surface area contributed by atoms with Crippen molar-refractivity contribution < 1.29 is 9.59 Å². The first kappa shape index (κ1) is 26.6. The lowest BCUT2D eigenvalue weighted by Gasteiger charge is -2.38. The number of thiophene rings is 1. The summed E-state index contributed by atoms with van der Waals surface area (Å²) in [6.07, 6.45) is 1.63. The average Bonchev–Trinajstić information content (AvgIpc) is 3.34. The van der Waals surface area contributed by atoms with Crippen LogP contribution >= 0.6 is 27.3 Å². The molecule has 0 saturated carbocycles. The number of fused-ring (bicyclic) bond motifs is 1. The Morgan fingerprint density at radius 3 is 2.36 bits per heavy atom. The molecule has 6 heteroatoms. The van der Waals surface area contributed by atoms with Gasteiger partial charge in [0.05, 0.1) is 6.04 Å². The van der Waals surface area contributed by atoms with Crippen LogP contribution < -0.4 is 0 Å². The lowest BCUT2D eigenvalue weighted by atomic mass is 9.85. The minimum absolute atomic E-state index is 0.0116. The summed E-state index contributed by atoms with van der Waals surface area (Å²) in [6.45, 7) is 11.4. The third kappa shape index (κ3) is 5.60. The third-order valence-electron chi connectivity index (χ3n) is 7.16. The molecule has 4 nitrogen and oxygen atoms in total. The molecule has 0 bridgehead atoms. The minimum atomic E-state index is -0.136. The van der Waals surface area contributed by atoms with Crippen LogP contribution in [0.2, 0.25) is 0 Å². The molecule has 1 aromatic heterocycles. The van der Waals surface area contributed by atoms with Gasteiger partial charge < -0.3 is 9.80 Å². The summed E-state index contributed by atoms with van der Waals surface area (Å²) in [5, 5.41) is 2.12. The largest absolute Gasteiger partial charge is 0.330 e. The van der Waals surface area contributed by atoms with E-state index >= 15 is 0 Å². The molecule has 0 saturated heterocycles. The number of benzene rings is 2. The van der Waals surface area contributed by atoms with Crippen molar-refractivity contribution in [2.24, 2.45) is 0 Å². The van der Waals surface area contributed by atoms with Crippen molar-refractivity contribution in [1.29, 1.82) is 0 Å². The van der Waals surface area contributed by atoms with Gasteiger partial charge in [-0.15, -0.1) is 11.3 Å². The maximum Gasteiger partial charge on any atom is 0.254 e. The fourth-order valence-electron chi connectivity index (χ4n) is 4.75. The smallest absolute Gasteiger partial charge is 0.254 e. The molecular weight excluding hydrogens is 532 g/mol. The van der Waals surface area contributed by atoms with Crippen molar-refractivity contribution in [1.82, 2.24) is 9.80 Å². The van der Waals surface area contributed by atoms with E-state index in [9.17, 15) is 9.59 Å². The number of carbonyl (C=O) groups is 2. The third-order valence-corrected chi connectivity index (χ3v) is 8.68. The fourth-order valence-corrected chi connectivity index (χ4v) is 5.92. The standard InChI is InChI=1S/C30H35BrN2O2S/c1-6-20(2)33(29(35)22-9-13-24(31)14-10-22)19-27(34)32-17-15-26-25(16-18-36-26)28(32)21-7-11-23(12-8-21)30(3,4)5/h7-14,16,18,20,28H,6,15,17,19H2,1-5H3/t20-,28-/m0/s1. The summed E-state index contributed by atoms with van der Waals surface area (Å²) in [4.78, 5) is 32.4. The summed E-state index contributed by atoms with van der Waals surface area (Å²) < 4.78 is 0.922. The Morgan fingerprint density at radius 1 is 1.08 bits per heavy atom. The topological polar surface area (TPSA) is 40.6 Å². The molecule has 0 N–H and O–H groups in total. The van der Waals surface area contributed by atoms with Crippen LogP contribution in [0.5, 0.6) is 0 Å². The van der Waals surface area contributed by atoms with Gasteiger partial charge in [-0.3, -0.25) is 9.59 Å². The maximum absolute atomic E-state index is 13.9. The highest BCUT2D eigenvalue weighted by molar-refractivity contribution is 9.10. The molecule has 2 aromatic carbocycles. The number of halogens is 1. The highest BCUT2D eigenvalue weighted by Gasteiger charge is 2.35. The van der Waals surface area contributed by atoms with Gasteiger partial charge >= 0.3 is 0 Å². The van der Waals surface area contributed by atoms with Crippen molar-refractivity contribution in [3.8, 4) is 0 Å². The van der Waals surface area contributed by atoms with Crippen molar-refractivity contribution in [3.63, 3.8) is 0 Å². The molecule has 1 aliphatic rings. The van der Waals surface area contributed by atoms with E-state index in [4.69, 9.17) is 0 Å². The van der Waals surface area contributed by atoms with E-state index in [-0.39, 0.29) is 35.9 Å². The monoisotopic (exact) mass is 566 g/mol. The van der Waals surface area contributed by atoms with Crippen molar-refractivity contribution >= 4 is 39.1 Å². The van der Waals surface area contributed by atoms with E-state index < -0.39 is 0 Å². The van der Waals surface area contributed by atoms with Crippen LogP contribution in [0.3, 0.4) is 0 Å². The van der Waals surface area contributed by atoms with Crippen LogP contribution in [0.15, 0.2) is 64.5 Å². The zero-order valence-electron chi connectivity index (χ0n) is 21.8. The zero-order valence-corrected chi connectivity index (χ0v) is 24.2. The van der Waals surface area contributed by atoms with Crippen LogP contribution in [0.1, 0.15) is 79.0 Å². The second-order valence-electron chi connectivity index (χ2n) is 10.6. The number of nitrogens with zero attached hydrogens (tertiary/aromatic N) is 2. The molecule has 0 aliphatic carbocycles. The molecule has 2 heterocycles. The predicted molar refractivity (Wildman–Crippen MR) is 152 cm³/mol. The SMILES string of the molecule is CC[C@H](C)N(CC(=O)N1CCc2sccc2[C@@H]1c1ccc(C(C)(C)C)cc1)C(=O)c1ccc(Br)cc1. The van der Waals surface area contributed by atoms with Gasteiger partial charge in [-0.2, -0.15) is 0 Å². The normalized spacial score (nSPS) is 16.4. The average molecular weight is 568 g/mol. The molecule has 0 radical (unpaired) electrons. The molecule has 3 aromatic rings. The van der Waals surface area contributed by atoms with Gasteiger partial charge in [0.25, 0.3) is 5.91 Å². The molecule has 2 atom stereocenters. The van der Waals surface area contributed by atoms with Crippen molar-refractivity contribution in [3.05, 3.63) is 91.6 Å². The summed E-state index contributed by atoms with van der Waals surface area (Å²) in [5.41, 5.74) is 4.26. The molecule has 0 fully saturated rings. The number of hydrogen-bond donors (Lipinski definition) is 0. The van der Waals surface area contributed by atoms with E-state index in [2.05, 4.69) is 79.3 Å². The van der Waals surface area contributed by atoms with E-state index in [1.807, 2.05) is 36.1 Å². The molecule has 0 spiro atoms. The number of rotatable bonds is 6. The van der Waals surface area contributed by atoms with Gasteiger partial charge in [0.1, 0.15) is 6.54 Å². The summed E-state index contributed by atoms with van der Waals surface area (Å²) >= 11 is 5.20. The second-order valence-corrected chi connectivity index (χ2v) is 12.5. The van der Waals surface area contributed by atoms with Crippen LogP contribution in [0.25, 0.3) is 0 Å². The van der Waals surface area contributed by atoms with Gasteiger partial charge in [-0.05, 0) is 77.6 Å². The Hall–Kier alpha value is -2.44. The summed E-state index contributed by atoms with van der Waals surface area (Å²) in [7, 11) is 0. The van der Waals surface area contributed by atoms with Crippen LogP contribution in [0, 0.1) is 0 Å². The lowest BCUT2D eigenvalue weighted by Crippen LogP contribution is -2.49. The van der Waals surface area contributed by atoms with Crippen LogP contribution in [0.4, 0.5) is 0 Å². The first-order valence-electron chi connectivity index (χ1n) is 12.6. The van der Waals surface area contributed by atoms with E-state index in [1.54, 1.807) is 16.2 Å². The van der Waals surface area contributed by atoms with Crippen molar-refractivity contribution in [2.45, 2.75) is 65.0 Å². The lowest BCUT2D eigenvalue weighted by molar-refractivity contribution is -0.134. The van der Waals surface area contributed by atoms with E-state index in [0.717, 1.165) is 22.9 Å². The zero-order chi connectivity index (χ0) is 26.0. The first-order valence-corrected chi connectivity index (χ1v) is 14.3. The van der Waals surface area contributed by atoms with E-state index in [0.29, 0.717) is 12.1 Å². The maximum atomic E-state index is 13.9. The Bertz CT molecular complexity index is 1210. The quantitative estimate of drug-likeness (QED) is 0.316. The highest BCUT2D eigenvalue weighted by Crippen LogP contribution is 2.38. The number of carbonyl (C=O) groups excluding carboxylic acids is 2. The molecule has 0 unspecified atom stereocenters.